The molecule has 15 aromatic rings. The molecule has 4 atom stereocenters. The first kappa shape index (κ1) is 102. The number of hydrogen-bond acceptors (Lipinski definition) is 20. The number of halogens is 7. The fourth-order valence-corrected chi connectivity index (χ4v) is 18.1. The predicted octanol–water partition coefficient (Wildman–Crippen LogP) is 26.7. The van der Waals surface area contributed by atoms with E-state index < -0.39 is 17.7 Å². The van der Waals surface area contributed by atoms with Crippen molar-refractivity contribution >= 4 is 202 Å². The number of carboxylic acids is 1. The number of thiophene rings is 4. The van der Waals surface area contributed by atoms with E-state index in [0.717, 1.165) is 81.9 Å². The summed E-state index contributed by atoms with van der Waals surface area (Å²) in [5, 5.41) is 28.9. The molecule has 9 aromatic carbocycles. The third-order valence-corrected chi connectivity index (χ3v) is 25.2. The summed E-state index contributed by atoms with van der Waals surface area (Å²) in [6, 6.07) is 72.2. The van der Waals surface area contributed by atoms with Crippen LogP contribution in [0.1, 0.15) is 165 Å². The molecule has 6 N–H and O–H groups in total. The number of carboxylic acid groups (broad SMARTS) is 1. The third-order valence-electron chi connectivity index (χ3n) is 19.0. The summed E-state index contributed by atoms with van der Waals surface area (Å²) in [5.41, 5.74) is 19.3. The summed E-state index contributed by atoms with van der Waals surface area (Å²) in [5.74, 6) is 3.48. The van der Waals surface area contributed by atoms with Crippen LogP contribution < -0.4 is 22.1 Å². The number of aryl methyl sites for hydroxylation is 5. The summed E-state index contributed by atoms with van der Waals surface area (Å²) < 4.78 is 13.9. The van der Waals surface area contributed by atoms with E-state index in [0.29, 0.717) is 51.0 Å². The van der Waals surface area contributed by atoms with Crippen molar-refractivity contribution in [2.24, 2.45) is 5.84 Å². The summed E-state index contributed by atoms with van der Waals surface area (Å²) in [6.45, 7) is 24.0. The van der Waals surface area contributed by atoms with Crippen molar-refractivity contribution in [1.29, 1.82) is 0 Å². The summed E-state index contributed by atoms with van der Waals surface area (Å²) in [7, 11) is 1.39. The number of benzene rings is 9. The van der Waals surface area contributed by atoms with E-state index in [4.69, 9.17) is 114 Å². The van der Waals surface area contributed by atoms with Crippen LogP contribution in [0.2, 0.25) is 30.1 Å². The number of nitrogens with zero attached hydrogens (tertiary/aromatic N) is 4. The van der Waals surface area contributed by atoms with E-state index in [-0.39, 0.29) is 72.8 Å². The number of Topliss-reactive ketones (excluding diaryl/α,β-unsaturated/α-hetero) is 2. The molecule has 0 saturated heterocycles. The average molecular weight is 1920 g/mol. The topological polar surface area (TPSA) is 290 Å². The molecule has 0 spiro atoms. The van der Waals surface area contributed by atoms with Crippen molar-refractivity contribution < 1.29 is 57.7 Å². The lowest BCUT2D eigenvalue weighted by molar-refractivity contribution is -0.193. The zero-order valence-corrected chi connectivity index (χ0v) is 79.6. The Balaban J connectivity index is 0.000000202. The number of aromatic carboxylic acids is 1. The van der Waals surface area contributed by atoms with Gasteiger partial charge in [-0.05, 0) is 249 Å². The van der Waals surface area contributed by atoms with Gasteiger partial charge in [0, 0.05) is 92.8 Å². The van der Waals surface area contributed by atoms with E-state index in [1.165, 1.54) is 83.3 Å². The molecule has 0 aliphatic heterocycles. The minimum Gasteiger partial charge on any atom is -0.477 e. The van der Waals surface area contributed by atoms with Crippen molar-refractivity contribution in [3.8, 4) is 45.0 Å². The second-order valence-electron chi connectivity index (χ2n) is 29.9. The molecule has 15 rings (SSSR count). The standard InChI is InChI=1S/C28H22Cl2N2O2S.C27H20Cl2N2O2S.C20H14Cl2O2.C12H20N2O2S.C7H12N2S.2CO2.ClH/c1-16-4-5-19-11-20(7-6-18(19)10-16)25-15-24(21-12-22(29)14-23(30)13-21)31-32(25)17(2)26-8-9-27(35-26)28(33)34-3;1-15-3-4-18-10-19(6-5-17(18)9-15)24-14-23(20-11-21(28)13-22(29)12-20)30-31(24)16(2)25-7-8-26(34-25)27(32)33;1-12-2-3-14-7-15(5-4-13(14)6-12)19(23)11-20(24)16-8-17(21)10-18(22)9-16;1-8-6-7-10(17-8)9(2)13-14-11(15)16-12(3,4)5;1-5-3-4-7(10-5)6(2)9-8;2*2-1-3;/h4-15,17H,1-3H3;3-14,16H,1-2H3,(H,32,33);2-10H,11H2,1H3;6-7,9,13H,1-5H3,(H,14,15);3-4,6,9H,8H2,1-2H3;;;1H. The predicted molar refractivity (Wildman–Crippen MR) is 516 cm³/mol. The number of ether oxygens (including phenoxy) is 2. The van der Waals surface area contributed by atoms with Crippen LogP contribution in [0.4, 0.5) is 4.79 Å². The normalized spacial score (nSPS) is 11.6. The Bertz CT molecular complexity index is 6420. The molecule has 1 amide bonds. The van der Waals surface area contributed by atoms with Crippen molar-refractivity contribution in [1.82, 2.24) is 35.8 Å². The lowest BCUT2D eigenvalue weighted by Gasteiger charge is -2.21. The van der Waals surface area contributed by atoms with Gasteiger partial charge in [-0.25, -0.2) is 19.8 Å². The zero-order valence-electron chi connectivity index (χ0n) is 71.0. The molecule has 0 fully saturated rings. The Hall–Kier alpha value is -10.8. The molecule has 0 saturated carbocycles. The number of nitrogens with one attached hydrogen (secondary N) is 3. The summed E-state index contributed by atoms with van der Waals surface area (Å²) >= 11 is 43.1. The number of ketones is 2. The van der Waals surface area contributed by atoms with Crippen LogP contribution in [0.15, 0.2) is 224 Å². The molecule has 0 bridgehead atoms. The van der Waals surface area contributed by atoms with Crippen molar-refractivity contribution in [3.05, 3.63) is 321 Å². The molecule has 0 radical (unpaired) electrons. The second-order valence-corrected chi connectivity index (χ2v) is 37.4. The monoisotopic (exact) mass is 1920 g/mol. The van der Waals surface area contributed by atoms with E-state index in [1.807, 2.05) is 125 Å². The maximum absolute atomic E-state index is 12.4. The number of fused-ring (bicyclic) bond motifs is 3. The van der Waals surface area contributed by atoms with Crippen LogP contribution in [0.5, 0.6) is 0 Å². The van der Waals surface area contributed by atoms with Gasteiger partial charge in [-0.1, -0.05) is 177 Å². The first-order valence-corrected chi connectivity index (χ1v) is 44.4. The van der Waals surface area contributed by atoms with Gasteiger partial charge in [-0.3, -0.25) is 35.6 Å². The van der Waals surface area contributed by atoms with E-state index in [9.17, 15) is 29.1 Å². The number of amides is 1. The van der Waals surface area contributed by atoms with Gasteiger partial charge in [-0.2, -0.15) is 29.4 Å². The molecule has 6 heterocycles. The van der Waals surface area contributed by atoms with E-state index in [2.05, 4.69) is 160 Å². The number of esters is 1. The summed E-state index contributed by atoms with van der Waals surface area (Å²) in [6.07, 6.45) is -0.175. The largest absolute Gasteiger partial charge is 0.477 e. The van der Waals surface area contributed by atoms with Gasteiger partial charge in [0.1, 0.15) is 15.4 Å². The third kappa shape index (κ3) is 29.1. The minimum absolute atomic E-state index is 0. The number of carbonyl (C=O) groups is 5. The quantitative estimate of drug-likeness (QED) is 0.0165. The highest BCUT2D eigenvalue weighted by Gasteiger charge is 2.25. The Morgan fingerprint density at radius 1 is 0.441 bits per heavy atom. The van der Waals surface area contributed by atoms with Gasteiger partial charge in [0.2, 0.25) is 0 Å². The molecule has 6 aromatic heterocycles. The van der Waals surface area contributed by atoms with Gasteiger partial charge in [0.05, 0.1) is 60.5 Å². The second kappa shape index (κ2) is 47.3. The maximum atomic E-state index is 12.4. The highest BCUT2D eigenvalue weighted by Crippen LogP contribution is 2.40. The van der Waals surface area contributed by atoms with E-state index >= 15 is 0 Å². The van der Waals surface area contributed by atoms with Crippen LogP contribution in [0.25, 0.3) is 77.3 Å². The zero-order chi connectivity index (χ0) is 92.0. The smallest absolute Gasteiger partial charge is 0.422 e. The molecular formula is C96H89Cl7N8O12S4. The van der Waals surface area contributed by atoms with Crippen LogP contribution in [0.3, 0.4) is 0 Å². The molecule has 0 aliphatic rings. The molecule has 20 nitrogen and oxygen atoms in total. The van der Waals surface area contributed by atoms with Crippen LogP contribution >= 0.6 is 127 Å². The fourth-order valence-electron chi connectivity index (χ4n) is 12.9. The number of hydrazine groups is 2. The minimum atomic E-state index is -0.928. The molecule has 4 unspecified atom stereocenters. The lowest BCUT2D eigenvalue weighted by atomic mass is 9.98. The van der Waals surface area contributed by atoms with Crippen LogP contribution in [-0.4, -0.2) is 79.3 Å². The molecular weight excluding hydrogens is 1830 g/mol. The van der Waals surface area contributed by atoms with E-state index in [1.54, 1.807) is 59.1 Å². The van der Waals surface area contributed by atoms with Crippen molar-refractivity contribution in [2.45, 2.75) is 119 Å². The Morgan fingerprint density at radius 3 is 1.19 bits per heavy atom. The fraction of sp³-hybridized carbons (Fsp3) is 0.198. The highest BCUT2D eigenvalue weighted by molar-refractivity contribution is 7.14. The number of nitrogens with two attached hydrogens (primary N) is 1. The van der Waals surface area contributed by atoms with Crippen molar-refractivity contribution in [2.75, 3.05) is 7.11 Å². The molecule has 0 aliphatic carbocycles. The van der Waals surface area contributed by atoms with Gasteiger partial charge >= 0.3 is 30.3 Å². The number of hydrogen-bond donors (Lipinski definition) is 5. The Morgan fingerprint density at radius 2 is 0.803 bits per heavy atom. The number of aromatic nitrogens is 4. The first-order chi connectivity index (χ1) is 59.9. The molecule has 658 valence electrons. The molecule has 31 heteroatoms. The van der Waals surface area contributed by atoms with Gasteiger partial charge < -0.3 is 14.6 Å². The maximum Gasteiger partial charge on any atom is 0.422 e. The SMILES string of the molecule is COC(=O)c1ccc(C(C)n2nc(-c3cc(Cl)cc(Cl)c3)cc2-c2ccc3cc(C)ccc3c2)s1.Cc1ccc(C(C)NN)s1.Cc1ccc(C(C)NNC(=O)OC(C)(C)C)s1.Cc1ccc2cc(-c3cc(-c4cc(Cl)cc(Cl)c4)nn3C(C)c3ccc(C(=O)O)s3)ccc2c1.Cc1ccc2cc(C(=O)CC(=O)c3cc(Cl)cc(Cl)c3)ccc2c1.Cl.O=C=O.O=C=O. The lowest BCUT2D eigenvalue weighted by Crippen LogP contribution is -2.42. The number of rotatable bonds is 19. The average Bonchev–Trinajstić information content (AvgIpc) is 1.64. The van der Waals surface area contributed by atoms with Crippen LogP contribution in [-0.2, 0) is 28.7 Å². The Labute approximate surface area is 787 Å². The first-order valence-electron chi connectivity index (χ1n) is 38.9. The Kier molecular flexibility index (Phi) is 37.8. The van der Waals surface area contributed by atoms with Crippen molar-refractivity contribution in [3.63, 3.8) is 0 Å². The van der Waals surface area contributed by atoms with Gasteiger partial charge in [-0.15, -0.1) is 57.8 Å². The van der Waals surface area contributed by atoms with Gasteiger partial charge in [0.25, 0.3) is 0 Å². The molecule has 127 heavy (non-hydrogen) atoms. The van der Waals surface area contributed by atoms with Gasteiger partial charge in [0.15, 0.2) is 11.6 Å². The number of carbonyl (C=O) groups excluding carboxylic acids is 8. The highest BCUT2D eigenvalue weighted by atomic mass is 35.5. The van der Waals surface area contributed by atoms with Crippen LogP contribution in [0, 0.1) is 34.6 Å². The summed E-state index contributed by atoms with van der Waals surface area (Å²) in [4.78, 5) is 99.9. The number of methoxy groups -OCH3 is 1.